The third-order valence-electron chi connectivity index (χ3n) is 2.30. The van der Waals surface area contributed by atoms with Gasteiger partial charge in [0.2, 0.25) is 5.95 Å². The fourth-order valence-corrected chi connectivity index (χ4v) is 1.50. The van der Waals surface area contributed by atoms with Crippen molar-refractivity contribution in [3.8, 4) is 0 Å². The molecule has 1 rings (SSSR count). The van der Waals surface area contributed by atoms with Crippen molar-refractivity contribution in [2.45, 2.75) is 46.6 Å². The van der Waals surface area contributed by atoms with Crippen LogP contribution in [0.3, 0.4) is 0 Å². The van der Waals surface area contributed by atoms with E-state index < -0.39 is 0 Å². The highest BCUT2D eigenvalue weighted by Crippen LogP contribution is 2.08. The summed E-state index contributed by atoms with van der Waals surface area (Å²) >= 11 is 0. The third kappa shape index (κ3) is 3.05. The van der Waals surface area contributed by atoms with Crippen LogP contribution in [-0.4, -0.2) is 16.1 Å². The van der Waals surface area contributed by atoms with E-state index in [1.54, 1.807) is 0 Å². The molecule has 1 N–H and O–H groups in total. The lowest BCUT2D eigenvalue weighted by Crippen LogP contribution is -2.07. The van der Waals surface area contributed by atoms with Crippen molar-refractivity contribution >= 4 is 5.95 Å². The van der Waals surface area contributed by atoms with Crippen LogP contribution in [0.15, 0.2) is 6.20 Å². The molecule has 0 bridgehead atoms. The molecule has 0 radical (unpaired) electrons. The van der Waals surface area contributed by atoms with Crippen LogP contribution in [0.25, 0.3) is 0 Å². The molecule has 3 heteroatoms. The summed E-state index contributed by atoms with van der Waals surface area (Å²) in [4.78, 5) is 4.43. The maximum atomic E-state index is 4.43. The Balaban J connectivity index is 2.41. The summed E-state index contributed by atoms with van der Waals surface area (Å²) in [5.74, 6) is 1.01. The van der Waals surface area contributed by atoms with E-state index >= 15 is 0 Å². The Morgan fingerprint density at radius 1 is 1.36 bits per heavy atom. The zero-order valence-electron chi connectivity index (χ0n) is 9.51. The van der Waals surface area contributed by atoms with Gasteiger partial charge in [0.25, 0.3) is 0 Å². The van der Waals surface area contributed by atoms with Crippen LogP contribution in [0.1, 0.15) is 38.8 Å². The summed E-state index contributed by atoms with van der Waals surface area (Å²) in [5.41, 5.74) is 1.09. The second kappa shape index (κ2) is 5.68. The molecule has 14 heavy (non-hydrogen) atoms. The molecule has 0 atom stereocenters. The maximum absolute atomic E-state index is 4.43. The van der Waals surface area contributed by atoms with E-state index in [1.165, 1.54) is 19.3 Å². The Morgan fingerprint density at radius 3 is 2.79 bits per heavy atom. The molecule has 0 spiro atoms. The average Bonchev–Trinajstić information content (AvgIpc) is 2.54. The Kier molecular flexibility index (Phi) is 4.50. The molecule has 0 aliphatic carbocycles. The molecule has 1 aromatic heterocycles. The Hall–Kier alpha value is -0.990. The van der Waals surface area contributed by atoms with E-state index in [1.807, 2.05) is 6.92 Å². The summed E-state index contributed by atoms with van der Waals surface area (Å²) in [6, 6.07) is 0. The van der Waals surface area contributed by atoms with Gasteiger partial charge >= 0.3 is 0 Å². The van der Waals surface area contributed by atoms with Gasteiger partial charge in [-0.2, -0.15) is 0 Å². The molecule has 0 aliphatic rings. The fourth-order valence-electron chi connectivity index (χ4n) is 1.50. The van der Waals surface area contributed by atoms with Crippen molar-refractivity contribution in [1.82, 2.24) is 9.55 Å². The first kappa shape index (κ1) is 11.1. The number of hydrogen-bond acceptors (Lipinski definition) is 2. The van der Waals surface area contributed by atoms with Crippen LogP contribution < -0.4 is 5.32 Å². The highest BCUT2D eigenvalue weighted by Gasteiger charge is 2.01. The molecule has 0 saturated heterocycles. The monoisotopic (exact) mass is 195 g/mol. The Bertz CT molecular complexity index is 265. The second-order valence-corrected chi connectivity index (χ2v) is 3.63. The fraction of sp³-hybridized carbons (Fsp3) is 0.727. The van der Waals surface area contributed by atoms with Crippen molar-refractivity contribution in [2.24, 2.45) is 0 Å². The molecular formula is C11H21N3. The van der Waals surface area contributed by atoms with Crippen LogP contribution in [0.4, 0.5) is 5.95 Å². The molecule has 1 heterocycles. The molecule has 0 unspecified atom stereocenters. The number of anilines is 1. The normalized spacial score (nSPS) is 10.5. The lowest BCUT2D eigenvalue weighted by atomic mass is 10.2. The topological polar surface area (TPSA) is 29.9 Å². The van der Waals surface area contributed by atoms with Gasteiger partial charge < -0.3 is 9.88 Å². The number of nitrogens with zero attached hydrogens (tertiary/aromatic N) is 2. The summed E-state index contributed by atoms with van der Waals surface area (Å²) in [7, 11) is 0. The van der Waals surface area contributed by atoms with Crippen LogP contribution in [-0.2, 0) is 6.54 Å². The number of nitrogens with one attached hydrogen (secondary N) is 1. The molecule has 0 amide bonds. The predicted octanol–water partition coefficient (Wildman–Crippen LogP) is 2.81. The van der Waals surface area contributed by atoms with Gasteiger partial charge in [0.15, 0.2) is 0 Å². The van der Waals surface area contributed by atoms with Gasteiger partial charge in [0.05, 0.1) is 5.69 Å². The van der Waals surface area contributed by atoms with Gasteiger partial charge in [-0.05, 0) is 20.3 Å². The smallest absolute Gasteiger partial charge is 0.203 e. The molecule has 0 saturated carbocycles. The standard InChI is InChI=1S/C11H21N3/c1-4-6-7-8-12-11-13-10(3)9-14(11)5-2/h9H,4-8H2,1-3H3,(H,12,13). The molecule has 0 aliphatic heterocycles. The highest BCUT2D eigenvalue weighted by molar-refractivity contribution is 5.28. The zero-order chi connectivity index (χ0) is 10.4. The quantitative estimate of drug-likeness (QED) is 0.707. The van der Waals surface area contributed by atoms with E-state index in [4.69, 9.17) is 0 Å². The third-order valence-corrected chi connectivity index (χ3v) is 2.30. The van der Waals surface area contributed by atoms with E-state index in [0.717, 1.165) is 24.7 Å². The first-order chi connectivity index (χ1) is 6.77. The van der Waals surface area contributed by atoms with Gasteiger partial charge in [-0.15, -0.1) is 0 Å². The van der Waals surface area contributed by atoms with E-state index in [-0.39, 0.29) is 0 Å². The SMILES string of the molecule is CCCCCNc1nc(C)cn1CC. The van der Waals surface area contributed by atoms with Crippen LogP contribution in [0.5, 0.6) is 0 Å². The van der Waals surface area contributed by atoms with Crippen molar-refractivity contribution in [3.05, 3.63) is 11.9 Å². The zero-order valence-corrected chi connectivity index (χ0v) is 9.51. The Labute approximate surface area is 86.5 Å². The first-order valence-electron chi connectivity index (χ1n) is 5.55. The number of hydrogen-bond donors (Lipinski definition) is 1. The van der Waals surface area contributed by atoms with Crippen molar-refractivity contribution in [3.63, 3.8) is 0 Å². The average molecular weight is 195 g/mol. The largest absolute Gasteiger partial charge is 0.356 e. The second-order valence-electron chi connectivity index (χ2n) is 3.63. The van der Waals surface area contributed by atoms with Crippen molar-refractivity contribution < 1.29 is 0 Å². The Morgan fingerprint density at radius 2 is 2.14 bits per heavy atom. The first-order valence-corrected chi connectivity index (χ1v) is 5.55. The number of aryl methyl sites for hydroxylation is 2. The van der Waals surface area contributed by atoms with E-state index in [9.17, 15) is 0 Å². The summed E-state index contributed by atoms with van der Waals surface area (Å²) < 4.78 is 2.15. The van der Waals surface area contributed by atoms with Gasteiger partial charge in [0, 0.05) is 19.3 Å². The summed E-state index contributed by atoms with van der Waals surface area (Å²) in [6.45, 7) is 8.40. The van der Waals surface area contributed by atoms with Gasteiger partial charge in [-0.25, -0.2) is 4.98 Å². The molecule has 3 nitrogen and oxygen atoms in total. The van der Waals surface area contributed by atoms with Crippen molar-refractivity contribution in [2.75, 3.05) is 11.9 Å². The molecule has 80 valence electrons. The number of unbranched alkanes of at least 4 members (excludes halogenated alkanes) is 2. The van der Waals surface area contributed by atoms with Crippen LogP contribution in [0.2, 0.25) is 0 Å². The van der Waals surface area contributed by atoms with E-state index in [2.05, 4.69) is 34.9 Å². The van der Waals surface area contributed by atoms with Gasteiger partial charge in [0.1, 0.15) is 0 Å². The lowest BCUT2D eigenvalue weighted by Gasteiger charge is -2.06. The number of aromatic nitrogens is 2. The molecular weight excluding hydrogens is 174 g/mol. The maximum Gasteiger partial charge on any atom is 0.203 e. The molecule has 1 aromatic rings. The predicted molar refractivity (Wildman–Crippen MR) is 60.7 cm³/mol. The number of imidazole rings is 1. The molecule has 0 aromatic carbocycles. The minimum Gasteiger partial charge on any atom is -0.356 e. The van der Waals surface area contributed by atoms with Gasteiger partial charge in [-0.1, -0.05) is 19.8 Å². The minimum atomic E-state index is 0.983. The van der Waals surface area contributed by atoms with Crippen LogP contribution >= 0.6 is 0 Å². The number of rotatable bonds is 6. The summed E-state index contributed by atoms with van der Waals surface area (Å²) in [6.07, 6.45) is 5.87. The minimum absolute atomic E-state index is 0.983. The van der Waals surface area contributed by atoms with Gasteiger partial charge in [-0.3, -0.25) is 0 Å². The van der Waals surface area contributed by atoms with Crippen LogP contribution in [0, 0.1) is 6.92 Å². The van der Waals surface area contributed by atoms with Crippen molar-refractivity contribution in [1.29, 1.82) is 0 Å². The lowest BCUT2D eigenvalue weighted by molar-refractivity contribution is 0.722. The van der Waals surface area contributed by atoms with E-state index in [0.29, 0.717) is 0 Å². The molecule has 0 fully saturated rings. The highest BCUT2D eigenvalue weighted by atomic mass is 15.2. The summed E-state index contributed by atoms with van der Waals surface area (Å²) in [5, 5.41) is 3.37.